The van der Waals surface area contributed by atoms with Crippen molar-refractivity contribution in [2.75, 3.05) is 18.8 Å². The Morgan fingerprint density at radius 1 is 1.07 bits per heavy atom. The molecular formula is C33H32BrFN8O3. The van der Waals surface area contributed by atoms with Crippen molar-refractivity contribution in [2.45, 2.75) is 39.5 Å². The molecule has 0 aliphatic carbocycles. The lowest BCUT2D eigenvalue weighted by molar-refractivity contribution is -0.135. The Hall–Kier alpha value is -4.91. The maximum absolute atomic E-state index is 14.0. The lowest BCUT2D eigenvalue weighted by atomic mass is 9.92. The highest BCUT2D eigenvalue weighted by Crippen LogP contribution is 2.39. The van der Waals surface area contributed by atoms with Crippen molar-refractivity contribution >= 4 is 39.1 Å². The lowest BCUT2D eigenvalue weighted by Gasteiger charge is -2.33. The first-order valence-corrected chi connectivity index (χ1v) is 15.6. The highest BCUT2D eigenvalue weighted by atomic mass is 79.9. The number of piperidine rings is 1. The van der Waals surface area contributed by atoms with Gasteiger partial charge in [-0.25, -0.2) is 13.9 Å². The summed E-state index contributed by atoms with van der Waals surface area (Å²) in [6.07, 6.45) is 5.40. The topological polar surface area (TPSA) is 154 Å². The minimum absolute atomic E-state index is 0.0426. The Morgan fingerprint density at radius 2 is 1.74 bits per heavy atom. The smallest absolute Gasteiger partial charge is 0.268 e. The van der Waals surface area contributed by atoms with E-state index in [2.05, 4.69) is 37.1 Å². The van der Waals surface area contributed by atoms with Gasteiger partial charge in [-0.05, 0) is 52.9 Å². The highest BCUT2D eigenvalue weighted by Gasteiger charge is 2.29. The van der Waals surface area contributed by atoms with Gasteiger partial charge in [0.1, 0.15) is 23.2 Å². The maximum atomic E-state index is 14.0. The number of carbonyl (C=O) groups excluding carboxylic acids is 2. The lowest BCUT2D eigenvalue weighted by Crippen LogP contribution is -2.40. The monoisotopic (exact) mass is 686 g/mol. The first-order chi connectivity index (χ1) is 22.0. The van der Waals surface area contributed by atoms with E-state index in [1.807, 2.05) is 35.4 Å². The van der Waals surface area contributed by atoms with Gasteiger partial charge < -0.3 is 16.4 Å². The number of fused-ring (bicyclic) bond motifs is 1. The van der Waals surface area contributed by atoms with Crippen LogP contribution >= 0.6 is 15.9 Å². The molecule has 1 aromatic carbocycles. The number of aromatic nitrogens is 5. The molecule has 0 unspecified atom stereocenters. The van der Waals surface area contributed by atoms with Crippen LogP contribution in [0.15, 0.2) is 64.4 Å². The summed E-state index contributed by atoms with van der Waals surface area (Å²) in [4.78, 5) is 48.9. The second-order valence-corrected chi connectivity index (χ2v) is 12.5. The number of carbonyl (C=O) groups is 2. The molecule has 2 amide bonds. The van der Waals surface area contributed by atoms with Crippen LogP contribution in [0.3, 0.4) is 0 Å². The average molecular weight is 688 g/mol. The van der Waals surface area contributed by atoms with E-state index in [0.29, 0.717) is 45.7 Å². The zero-order valence-corrected chi connectivity index (χ0v) is 27.1. The molecule has 236 valence electrons. The molecule has 1 saturated heterocycles. The number of amides is 2. The van der Waals surface area contributed by atoms with Crippen LogP contribution in [0.1, 0.15) is 54.4 Å². The molecule has 0 spiro atoms. The largest absolute Gasteiger partial charge is 0.382 e. The van der Waals surface area contributed by atoms with E-state index in [4.69, 9.17) is 11.5 Å². The first-order valence-electron chi connectivity index (χ1n) is 14.9. The maximum Gasteiger partial charge on any atom is 0.268 e. The third kappa shape index (κ3) is 5.34. The second kappa shape index (κ2) is 12.1. The Labute approximate surface area is 272 Å². The van der Waals surface area contributed by atoms with Gasteiger partial charge in [0.15, 0.2) is 5.82 Å². The number of primary amides is 1. The molecule has 1 aliphatic heterocycles. The summed E-state index contributed by atoms with van der Waals surface area (Å²) in [5.74, 6) is -0.925. The van der Waals surface area contributed by atoms with Gasteiger partial charge in [0.05, 0.1) is 18.1 Å². The van der Waals surface area contributed by atoms with Crippen LogP contribution in [0.25, 0.3) is 33.5 Å². The van der Waals surface area contributed by atoms with Crippen LogP contribution in [-0.4, -0.2) is 54.0 Å². The molecule has 5 aromatic rings. The van der Waals surface area contributed by atoms with Crippen molar-refractivity contribution in [3.05, 3.63) is 92.7 Å². The van der Waals surface area contributed by atoms with E-state index < -0.39 is 17.3 Å². The van der Waals surface area contributed by atoms with Crippen LogP contribution in [0.4, 0.5) is 10.2 Å². The average Bonchev–Trinajstić information content (AvgIpc) is 3.43. The molecule has 1 aliphatic rings. The number of hydrogen-bond donors (Lipinski definition) is 2. The van der Waals surface area contributed by atoms with E-state index in [-0.39, 0.29) is 29.0 Å². The SMILES string of the molecule is Cc1c(Br)c(-c2ccc(-c3cc(C4CCN(C(=O)C(C)C)CC4)n4ncnc(N)c34)cc2)c(C(N)=O)c(=O)n1-c1cncc(F)c1. The number of pyridine rings is 2. The van der Waals surface area contributed by atoms with Crippen molar-refractivity contribution in [3.8, 4) is 27.9 Å². The summed E-state index contributed by atoms with van der Waals surface area (Å²) < 4.78 is 17.5. The molecule has 46 heavy (non-hydrogen) atoms. The Bertz CT molecular complexity index is 2060. The second-order valence-electron chi connectivity index (χ2n) is 11.7. The molecule has 6 rings (SSSR count). The molecule has 11 nitrogen and oxygen atoms in total. The number of hydrogen-bond acceptors (Lipinski definition) is 7. The van der Waals surface area contributed by atoms with Crippen molar-refractivity contribution in [1.82, 2.24) is 29.0 Å². The zero-order chi connectivity index (χ0) is 32.9. The third-order valence-electron chi connectivity index (χ3n) is 8.55. The molecule has 13 heteroatoms. The predicted octanol–water partition coefficient (Wildman–Crippen LogP) is 4.86. The quantitative estimate of drug-likeness (QED) is 0.258. The van der Waals surface area contributed by atoms with Gasteiger partial charge in [-0.15, -0.1) is 0 Å². The highest BCUT2D eigenvalue weighted by molar-refractivity contribution is 9.10. The Morgan fingerprint density at radius 3 is 2.37 bits per heavy atom. The van der Waals surface area contributed by atoms with Gasteiger partial charge in [-0.2, -0.15) is 5.10 Å². The molecule has 1 fully saturated rings. The number of likely N-dealkylation sites (tertiary alicyclic amines) is 1. The van der Waals surface area contributed by atoms with Crippen molar-refractivity contribution in [1.29, 1.82) is 0 Å². The van der Waals surface area contributed by atoms with E-state index in [9.17, 15) is 18.8 Å². The molecule has 4 aromatic heterocycles. The van der Waals surface area contributed by atoms with Crippen molar-refractivity contribution < 1.29 is 14.0 Å². The molecule has 0 bridgehead atoms. The van der Waals surface area contributed by atoms with E-state index >= 15 is 0 Å². The fraction of sp³-hybridized carbons (Fsp3) is 0.273. The van der Waals surface area contributed by atoms with E-state index in [1.165, 1.54) is 17.1 Å². The van der Waals surface area contributed by atoms with Crippen LogP contribution in [0, 0.1) is 18.7 Å². The van der Waals surface area contributed by atoms with Crippen molar-refractivity contribution in [2.24, 2.45) is 11.7 Å². The summed E-state index contributed by atoms with van der Waals surface area (Å²) in [6.45, 7) is 6.85. The zero-order valence-electron chi connectivity index (χ0n) is 25.5. The number of nitrogens with two attached hydrogens (primary N) is 2. The van der Waals surface area contributed by atoms with Crippen molar-refractivity contribution in [3.63, 3.8) is 0 Å². The molecule has 0 radical (unpaired) electrons. The van der Waals surface area contributed by atoms with Gasteiger partial charge in [0.2, 0.25) is 5.91 Å². The molecule has 0 saturated carbocycles. The van der Waals surface area contributed by atoms with Crippen LogP contribution in [0.2, 0.25) is 0 Å². The van der Waals surface area contributed by atoms with Gasteiger partial charge >= 0.3 is 0 Å². The number of nitrogens with zero attached hydrogens (tertiary/aromatic N) is 6. The molecule has 4 N–H and O–H groups in total. The summed E-state index contributed by atoms with van der Waals surface area (Å²) in [5, 5.41) is 4.53. The number of nitrogen functional groups attached to an aromatic ring is 1. The van der Waals surface area contributed by atoms with Crippen LogP contribution in [-0.2, 0) is 4.79 Å². The molecule has 5 heterocycles. The van der Waals surface area contributed by atoms with Gasteiger partial charge in [0.25, 0.3) is 11.5 Å². The Balaban J connectivity index is 1.41. The minimum Gasteiger partial charge on any atom is -0.382 e. The summed E-state index contributed by atoms with van der Waals surface area (Å²) >= 11 is 3.57. The van der Waals surface area contributed by atoms with E-state index in [1.54, 1.807) is 19.1 Å². The standard InChI is InChI=1S/C33H32BrFN8O3/c1-17(2)32(45)41-10-8-20(9-11-41)25-13-24(29-30(36)39-16-40-43(25)29)19-4-6-21(7-5-19)26-27(31(37)44)33(46)42(18(3)28(26)34)23-12-22(35)14-38-15-23/h4-7,12-17,20H,8-11H2,1-3H3,(H2,37,44)(H2,36,39,40). The van der Waals surface area contributed by atoms with Gasteiger partial charge in [-0.1, -0.05) is 38.1 Å². The summed E-state index contributed by atoms with van der Waals surface area (Å²) in [6, 6.07) is 10.6. The first kappa shape index (κ1) is 31.1. The summed E-state index contributed by atoms with van der Waals surface area (Å²) in [5.41, 5.74) is 16.0. The summed E-state index contributed by atoms with van der Waals surface area (Å²) in [7, 11) is 0. The fourth-order valence-electron chi connectivity index (χ4n) is 6.27. The van der Waals surface area contributed by atoms with E-state index in [0.717, 1.165) is 41.9 Å². The van der Waals surface area contributed by atoms with Gasteiger partial charge in [-0.3, -0.25) is 23.9 Å². The number of benzene rings is 1. The minimum atomic E-state index is -0.919. The van der Waals surface area contributed by atoms with Gasteiger partial charge in [0, 0.05) is 58.0 Å². The number of anilines is 1. The van der Waals surface area contributed by atoms with Crippen LogP contribution < -0.4 is 17.0 Å². The number of rotatable bonds is 6. The Kier molecular flexibility index (Phi) is 8.19. The predicted molar refractivity (Wildman–Crippen MR) is 176 cm³/mol. The van der Waals surface area contributed by atoms with Crippen LogP contribution in [0.5, 0.6) is 0 Å². The fourth-order valence-corrected chi connectivity index (χ4v) is 6.88. The molecule has 0 atom stereocenters. The normalized spacial score (nSPS) is 13.9. The molecular weight excluding hydrogens is 655 g/mol. The third-order valence-corrected chi connectivity index (χ3v) is 9.52. The number of halogens is 2.